The summed E-state index contributed by atoms with van der Waals surface area (Å²) in [5.41, 5.74) is 5.17. The molecule has 4 aromatic rings. The molecule has 0 radical (unpaired) electrons. The van der Waals surface area contributed by atoms with Crippen molar-refractivity contribution in [3.05, 3.63) is 113 Å². The van der Waals surface area contributed by atoms with E-state index in [1.54, 1.807) is 0 Å². The third kappa shape index (κ3) is 2.02. The van der Waals surface area contributed by atoms with Crippen LogP contribution in [0.4, 0.5) is 5.69 Å². The number of benzene rings is 4. The molecule has 2 atom stereocenters. The summed E-state index contributed by atoms with van der Waals surface area (Å²) in [5.74, 6) is -1.26. The summed E-state index contributed by atoms with van der Waals surface area (Å²) in [5, 5.41) is 1.94. The summed E-state index contributed by atoms with van der Waals surface area (Å²) in [7, 11) is 0. The largest absolute Gasteiger partial charge is 0.274 e. The summed E-state index contributed by atoms with van der Waals surface area (Å²) in [4.78, 5) is 29.6. The first-order chi connectivity index (χ1) is 15.6. The van der Waals surface area contributed by atoms with Gasteiger partial charge < -0.3 is 0 Å². The van der Waals surface area contributed by atoms with E-state index in [9.17, 15) is 9.59 Å². The van der Waals surface area contributed by atoms with Gasteiger partial charge in [-0.1, -0.05) is 101 Å². The van der Waals surface area contributed by atoms with Crippen LogP contribution in [0.3, 0.4) is 0 Å². The first-order valence-electron chi connectivity index (χ1n) is 10.9. The molecule has 0 spiro atoms. The van der Waals surface area contributed by atoms with E-state index in [0.717, 1.165) is 33.0 Å². The second-order valence-electron chi connectivity index (χ2n) is 8.88. The molecule has 4 heteroatoms. The Morgan fingerprint density at radius 2 is 1.28 bits per heavy atom. The van der Waals surface area contributed by atoms with Gasteiger partial charge in [-0.25, -0.2) is 4.90 Å². The molecule has 0 saturated carbocycles. The lowest BCUT2D eigenvalue weighted by molar-refractivity contribution is -0.122. The molecule has 8 rings (SSSR count). The van der Waals surface area contributed by atoms with Crippen LogP contribution in [0.5, 0.6) is 0 Å². The minimum atomic E-state index is -0.717. The van der Waals surface area contributed by atoms with Crippen LogP contribution in [0.2, 0.25) is 0 Å². The monoisotopic (exact) mass is 479 g/mol. The Morgan fingerprint density at radius 1 is 0.688 bits per heavy atom. The summed E-state index contributed by atoms with van der Waals surface area (Å²) in [6.07, 6.45) is 0. The Bertz CT molecular complexity index is 1420. The molecule has 1 aliphatic heterocycles. The number of halogens is 1. The highest BCUT2D eigenvalue weighted by Gasteiger charge is 2.67. The van der Waals surface area contributed by atoms with Crippen LogP contribution < -0.4 is 4.90 Å². The van der Waals surface area contributed by atoms with Crippen LogP contribution in [0.25, 0.3) is 10.8 Å². The number of carbonyl (C=O) groups is 2. The number of rotatable bonds is 1. The summed E-state index contributed by atoms with van der Waals surface area (Å²) in [6, 6.07) is 30.2. The van der Waals surface area contributed by atoms with Gasteiger partial charge in [-0.2, -0.15) is 0 Å². The zero-order valence-electron chi connectivity index (χ0n) is 17.0. The number of hydrogen-bond donors (Lipinski definition) is 0. The van der Waals surface area contributed by atoms with Gasteiger partial charge in [0.1, 0.15) is 0 Å². The van der Waals surface area contributed by atoms with Crippen LogP contribution in [0.1, 0.15) is 28.2 Å². The third-order valence-electron chi connectivity index (χ3n) is 7.52. The maximum atomic E-state index is 14.1. The first-order valence-corrected chi connectivity index (χ1v) is 11.6. The molecule has 1 fully saturated rings. The molecule has 4 aliphatic rings. The second-order valence-corrected chi connectivity index (χ2v) is 10.1. The number of amides is 2. The predicted molar refractivity (Wildman–Crippen MR) is 128 cm³/mol. The summed E-state index contributed by atoms with van der Waals surface area (Å²) < 4.78 is -0.717. The van der Waals surface area contributed by atoms with Gasteiger partial charge in [-0.15, -0.1) is 0 Å². The fourth-order valence-electron chi connectivity index (χ4n) is 6.32. The van der Waals surface area contributed by atoms with E-state index in [4.69, 9.17) is 0 Å². The minimum Gasteiger partial charge on any atom is -0.274 e. The van der Waals surface area contributed by atoms with Gasteiger partial charge in [0.05, 0.1) is 21.8 Å². The fourth-order valence-corrected chi connectivity index (χ4v) is 7.52. The zero-order chi connectivity index (χ0) is 21.6. The molecule has 1 saturated heterocycles. The van der Waals surface area contributed by atoms with E-state index in [1.165, 1.54) is 4.90 Å². The highest BCUT2D eigenvalue weighted by Crippen LogP contribution is 2.66. The quantitative estimate of drug-likeness (QED) is 0.257. The molecule has 3 nitrogen and oxygen atoms in total. The number of nitrogens with zero attached hydrogens (tertiary/aromatic N) is 1. The minimum absolute atomic E-state index is 0.103. The van der Waals surface area contributed by atoms with Crippen molar-refractivity contribution in [1.82, 2.24) is 0 Å². The number of hydrogen-bond acceptors (Lipinski definition) is 2. The average molecular weight is 480 g/mol. The molecule has 2 bridgehead atoms. The average Bonchev–Trinajstić information content (AvgIpc) is 3.10. The lowest BCUT2D eigenvalue weighted by Gasteiger charge is -2.51. The zero-order valence-corrected chi connectivity index (χ0v) is 18.6. The molecule has 32 heavy (non-hydrogen) atoms. The second kappa shape index (κ2) is 6.17. The molecule has 3 aliphatic carbocycles. The summed E-state index contributed by atoms with van der Waals surface area (Å²) >= 11 is 4.06. The Kier molecular flexibility index (Phi) is 3.54. The van der Waals surface area contributed by atoms with Crippen molar-refractivity contribution in [2.45, 2.75) is 10.2 Å². The SMILES string of the molecule is O=C1[C@@H]2[C@@H](C(=O)N1c1cccc3ccccc13)C1c3ccccc3C2(Br)c2ccccc21. The molecule has 2 amide bonds. The van der Waals surface area contributed by atoms with Gasteiger partial charge in [0.25, 0.3) is 0 Å². The molecule has 4 aromatic carbocycles. The standard InChI is InChI=1S/C28H18BrNO2/c29-28-20-13-5-3-11-18(20)23(19-12-4-6-14-21(19)28)24-25(28)27(32)30(26(24)31)22-15-7-9-16-8-1-2-10-17(16)22/h1-15,23-25H/t23?,24-,25-,28?/m0/s1. The summed E-state index contributed by atoms with van der Waals surface area (Å²) in [6.45, 7) is 0. The van der Waals surface area contributed by atoms with Gasteiger partial charge in [-0.05, 0) is 33.7 Å². The molecular formula is C28H18BrNO2. The van der Waals surface area contributed by atoms with Crippen LogP contribution in [0, 0.1) is 11.8 Å². The van der Waals surface area contributed by atoms with E-state index in [1.807, 2.05) is 66.7 Å². The smallest absolute Gasteiger partial charge is 0.239 e. The highest BCUT2D eigenvalue weighted by atomic mass is 79.9. The Balaban J connectivity index is 1.50. The van der Waals surface area contributed by atoms with E-state index in [2.05, 4.69) is 40.2 Å². The maximum absolute atomic E-state index is 14.1. The first kappa shape index (κ1) is 18.3. The van der Waals surface area contributed by atoms with Gasteiger partial charge >= 0.3 is 0 Å². The van der Waals surface area contributed by atoms with Crippen molar-refractivity contribution in [3.63, 3.8) is 0 Å². The van der Waals surface area contributed by atoms with Crippen LogP contribution in [-0.4, -0.2) is 11.8 Å². The van der Waals surface area contributed by atoms with Gasteiger partial charge in [-0.3, -0.25) is 9.59 Å². The lowest BCUT2D eigenvalue weighted by atomic mass is 9.55. The Labute approximate surface area is 193 Å². The van der Waals surface area contributed by atoms with Crippen LogP contribution in [0.15, 0.2) is 91.0 Å². The fraction of sp³-hybridized carbons (Fsp3) is 0.143. The van der Waals surface area contributed by atoms with Crippen molar-refractivity contribution in [2.75, 3.05) is 4.90 Å². The van der Waals surface area contributed by atoms with Crippen molar-refractivity contribution in [2.24, 2.45) is 11.8 Å². The van der Waals surface area contributed by atoms with Gasteiger partial charge in [0.15, 0.2) is 0 Å². The van der Waals surface area contributed by atoms with E-state index < -0.39 is 16.2 Å². The number of carbonyl (C=O) groups excluding carboxylic acids is 2. The van der Waals surface area contributed by atoms with Crippen molar-refractivity contribution < 1.29 is 9.59 Å². The predicted octanol–water partition coefficient (Wildman–Crippen LogP) is 5.74. The number of alkyl halides is 1. The topological polar surface area (TPSA) is 37.4 Å². The maximum Gasteiger partial charge on any atom is 0.239 e. The molecular weight excluding hydrogens is 462 g/mol. The van der Waals surface area contributed by atoms with Crippen LogP contribution in [-0.2, 0) is 13.9 Å². The van der Waals surface area contributed by atoms with Crippen LogP contribution >= 0.6 is 15.9 Å². The Hall–Kier alpha value is -3.24. The van der Waals surface area contributed by atoms with Crippen molar-refractivity contribution >= 4 is 44.2 Å². The molecule has 1 heterocycles. The Morgan fingerprint density at radius 3 is 2.00 bits per heavy atom. The third-order valence-corrected chi connectivity index (χ3v) is 8.87. The molecule has 154 valence electrons. The highest BCUT2D eigenvalue weighted by molar-refractivity contribution is 9.09. The van der Waals surface area contributed by atoms with Gasteiger partial charge in [0, 0.05) is 11.3 Å². The molecule has 0 aromatic heterocycles. The normalized spacial score (nSPS) is 27.4. The van der Waals surface area contributed by atoms with Crippen molar-refractivity contribution in [1.29, 1.82) is 0 Å². The van der Waals surface area contributed by atoms with E-state index in [-0.39, 0.29) is 17.7 Å². The van der Waals surface area contributed by atoms with E-state index in [0.29, 0.717) is 5.69 Å². The van der Waals surface area contributed by atoms with Gasteiger partial charge in [0.2, 0.25) is 11.8 Å². The number of anilines is 1. The molecule has 0 N–H and O–H groups in total. The van der Waals surface area contributed by atoms with Crippen molar-refractivity contribution in [3.8, 4) is 0 Å². The number of imide groups is 1. The lowest BCUT2D eigenvalue weighted by Crippen LogP contribution is -2.50. The van der Waals surface area contributed by atoms with E-state index >= 15 is 0 Å². The number of fused-ring (bicyclic) bond motifs is 1. The molecule has 0 unspecified atom stereocenters.